The molecule has 3 aromatic rings. The van der Waals surface area contributed by atoms with Gasteiger partial charge in [-0.2, -0.15) is 0 Å². The summed E-state index contributed by atoms with van der Waals surface area (Å²) in [4.78, 5) is 33.4. The molecule has 0 aliphatic carbocycles. The number of aryl methyl sites for hydroxylation is 1. The molecule has 40 heavy (non-hydrogen) atoms. The Labute approximate surface area is 235 Å². The number of morpholine rings is 2. The van der Waals surface area contributed by atoms with E-state index < -0.39 is 5.91 Å². The highest BCUT2D eigenvalue weighted by Gasteiger charge is 2.21. The lowest BCUT2D eigenvalue weighted by Gasteiger charge is -2.29. The molecule has 3 heterocycles. The van der Waals surface area contributed by atoms with Crippen molar-refractivity contribution in [3.05, 3.63) is 77.0 Å². The first-order valence-electron chi connectivity index (χ1n) is 14.1. The Morgan fingerprint density at radius 3 is 2.25 bits per heavy atom. The van der Waals surface area contributed by atoms with Crippen LogP contribution in [0.2, 0.25) is 0 Å². The number of nitrogens with one attached hydrogen (secondary N) is 1. The van der Waals surface area contributed by atoms with E-state index in [0.29, 0.717) is 43.1 Å². The fourth-order valence-electron chi connectivity index (χ4n) is 5.36. The normalized spacial score (nSPS) is 16.9. The molecule has 0 radical (unpaired) electrons. The van der Waals surface area contributed by atoms with E-state index in [1.807, 2.05) is 36.1 Å². The van der Waals surface area contributed by atoms with Gasteiger partial charge in [0.1, 0.15) is 0 Å². The van der Waals surface area contributed by atoms with Gasteiger partial charge in [0.15, 0.2) is 0 Å². The summed E-state index contributed by atoms with van der Waals surface area (Å²) in [5.41, 5.74) is 12.5. The molecule has 8 heteroatoms. The second-order valence-corrected chi connectivity index (χ2v) is 10.3. The van der Waals surface area contributed by atoms with Crippen LogP contribution < -0.4 is 10.6 Å². The standard InChI is InChI=1S/C32H38N4O4/c1-3-4-5-24(23-6-9-26(10-7-23)35-12-16-39-17-13-35)20-28(31(33)37)30-22(2)27-11-8-25(21-29(27)34-30)32(38)36-14-18-40-19-15-36/h5-11,20-21,34H,3-4,12-19H2,1-2H3,(H2,33,37)/b24-5-,28-20+. The van der Waals surface area contributed by atoms with Crippen molar-refractivity contribution < 1.29 is 19.1 Å². The number of nitrogens with two attached hydrogens (primary N) is 1. The molecular weight excluding hydrogens is 504 g/mol. The maximum Gasteiger partial charge on any atom is 0.254 e. The number of nitrogens with zero attached hydrogens (tertiary/aromatic N) is 2. The summed E-state index contributed by atoms with van der Waals surface area (Å²) in [6, 6.07) is 14.1. The maximum absolute atomic E-state index is 13.1. The predicted molar refractivity (Wildman–Crippen MR) is 159 cm³/mol. The van der Waals surface area contributed by atoms with Crippen LogP contribution in [-0.4, -0.2) is 74.3 Å². The van der Waals surface area contributed by atoms with Crippen molar-refractivity contribution in [2.24, 2.45) is 5.73 Å². The number of rotatable bonds is 8. The van der Waals surface area contributed by atoms with E-state index in [0.717, 1.165) is 72.4 Å². The number of hydrogen-bond donors (Lipinski definition) is 2. The van der Waals surface area contributed by atoms with E-state index in [1.54, 1.807) is 0 Å². The Kier molecular flexibility index (Phi) is 8.67. The molecular formula is C32H38N4O4. The number of ether oxygens (including phenoxy) is 2. The molecule has 2 amide bonds. The largest absolute Gasteiger partial charge is 0.378 e. The molecule has 2 saturated heterocycles. The van der Waals surface area contributed by atoms with Crippen molar-refractivity contribution in [2.75, 3.05) is 57.5 Å². The van der Waals surface area contributed by atoms with Gasteiger partial charge in [0.2, 0.25) is 0 Å². The fourth-order valence-corrected chi connectivity index (χ4v) is 5.36. The number of carbonyl (C=O) groups excluding carboxylic acids is 2. The minimum Gasteiger partial charge on any atom is -0.378 e. The molecule has 1 aromatic heterocycles. The number of carbonyl (C=O) groups is 2. The molecule has 3 N–H and O–H groups in total. The molecule has 0 unspecified atom stereocenters. The quantitative estimate of drug-likeness (QED) is 0.322. The van der Waals surface area contributed by atoms with Gasteiger partial charge in [-0.05, 0) is 60.4 Å². The second-order valence-electron chi connectivity index (χ2n) is 10.3. The summed E-state index contributed by atoms with van der Waals surface area (Å²) in [6.45, 7) is 9.61. The van der Waals surface area contributed by atoms with Crippen LogP contribution in [-0.2, 0) is 14.3 Å². The van der Waals surface area contributed by atoms with Crippen LogP contribution in [0.25, 0.3) is 22.0 Å². The number of aromatic nitrogens is 1. The van der Waals surface area contributed by atoms with Gasteiger partial charge < -0.3 is 30.0 Å². The van der Waals surface area contributed by atoms with Crippen LogP contribution in [0.3, 0.4) is 0 Å². The third kappa shape index (κ3) is 5.98. The van der Waals surface area contributed by atoms with Gasteiger partial charge in [-0.15, -0.1) is 0 Å². The van der Waals surface area contributed by atoms with Crippen LogP contribution in [0.4, 0.5) is 5.69 Å². The second kappa shape index (κ2) is 12.5. The van der Waals surface area contributed by atoms with Gasteiger partial charge in [0, 0.05) is 48.3 Å². The molecule has 210 valence electrons. The van der Waals surface area contributed by atoms with E-state index in [4.69, 9.17) is 15.2 Å². The van der Waals surface area contributed by atoms with E-state index >= 15 is 0 Å². The zero-order valence-electron chi connectivity index (χ0n) is 23.4. The highest BCUT2D eigenvalue weighted by atomic mass is 16.5. The van der Waals surface area contributed by atoms with Gasteiger partial charge in [0.05, 0.1) is 37.7 Å². The number of fused-ring (bicyclic) bond motifs is 1. The summed E-state index contributed by atoms with van der Waals surface area (Å²) < 4.78 is 10.9. The molecule has 2 aromatic carbocycles. The lowest BCUT2D eigenvalue weighted by molar-refractivity contribution is -0.112. The first-order chi connectivity index (χ1) is 19.5. The van der Waals surface area contributed by atoms with Crippen LogP contribution >= 0.6 is 0 Å². The first kappa shape index (κ1) is 27.7. The van der Waals surface area contributed by atoms with E-state index in [1.165, 1.54) is 0 Å². The maximum atomic E-state index is 13.1. The van der Waals surface area contributed by atoms with Gasteiger partial charge in [-0.3, -0.25) is 9.59 Å². The predicted octanol–water partition coefficient (Wildman–Crippen LogP) is 4.54. The first-order valence-corrected chi connectivity index (χ1v) is 14.1. The smallest absolute Gasteiger partial charge is 0.254 e. The van der Waals surface area contributed by atoms with E-state index in [9.17, 15) is 9.59 Å². The number of H-pyrrole nitrogens is 1. The summed E-state index contributed by atoms with van der Waals surface area (Å²) in [5.74, 6) is -0.526. The Balaban J connectivity index is 1.48. The monoisotopic (exact) mass is 542 g/mol. The van der Waals surface area contributed by atoms with Crippen molar-refractivity contribution in [3.8, 4) is 0 Å². The lowest BCUT2D eigenvalue weighted by atomic mass is 9.97. The number of unbranched alkanes of at least 4 members (excludes halogenated alkanes) is 1. The Bertz CT molecular complexity index is 1430. The molecule has 5 rings (SSSR count). The van der Waals surface area contributed by atoms with Crippen LogP contribution in [0, 0.1) is 6.92 Å². The van der Waals surface area contributed by atoms with Gasteiger partial charge in [-0.1, -0.05) is 37.6 Å². The minimum atomic E-state index is -0.508. The van der Waals surface area contributed by atoms with Crippen molar-refractivity contribution in [2.45, 2.75) is 26.7 Å². The number of amides is 2. The third-order valence-corrected chi connectivity index (χ3v) is 7.67. The van der Waals surface area contributed by atoms with Crippen LogP contribution in [0.5, 0.6) is 0 Å². The summed E-state index contributed by atoms with van der Waals surface area (Å²) in [6.07, 6.45) is 5.91. The highest BCUT2D eigenvalue weighted by Crippen LogP contribution is 2.31. The Morgan fingerprint density at radius 1 is 0.950 bits per heavy atom. The van der Waals surface area contributed by atoms with Crippen molar-refractivity contribution in [3.63, 3.8) is 0 Å². The van der Waals surface area contributed by atoms with Crippen molar-refractivity contribution >= 4 is 39.6 Å². The summed E-state index contributed by atoms with van der Waals surface area (Å²) in [5, 5.41) is 0.953. The Morgan fingerprint density at radius 2 is 1.60 bits per heavy atom. The summed E-state index contributed by atoms with van der Waals surface area (Å²) in [7, 11) is 0. The van der Waals surface area contributed by atoms with Gasteiger partial charge >= 0.3 is 0 Å². The molecule has 0 spiro atoms. The van der Waals surface area contributed by atoms with Gasteiger partial charge in [-0.25, -0.2) is 0 Å². The molecule has 0 atom stereocenters. The van der Waals surface area contributed by atoms with Crippen LogP contribution in [0.15, 0.2) is 54.6 Å². The zero-order chi connectivity index (χ0) is 28.1. The average molecular weight is 543 g/mol. The number of primary amides is 1. The van der Waals surface area contributed by atoms with Crippen molar-refractivity contribution in [1.82, 2.24) is 9.88 Å². The summed E-state index contributed by atoms with van der Waals surface area (Å²) >= 11 is 0. The zero-order valence-corrected chi connectivity index (χ0v) is 23.4. The third-order valence-electron chi connectivity index (χ3n) is 7.67. The number of hydrogen-bond acceptors (Lipinski definition) is 5. The van der Waals surface area contributed by atoms with Gasteiger partial charge in [0.25, 0.3) is 11.8 Å². The SMILES string of the molecule is CCC/C=C(/C=C(/C(N)=O)c1[nH]c2cc(C(=O)N3CCOCC3)ccc2c1C)c1ccc(N2CCOCC2)cc1. The number of benzene rings is 2. The van der Waals surface area contributed by atoms with E-state index in [2.05, 4.69) is 47.1 Å². The Hall–Kier alpha value is -3.88. The van der Waals surface area contributed by atoms with E-state index in [-0.39, 0.29) is 5.91 Å². The molecule has 8 nitrogen and oxygen atoms in total. The fraction of sp³-hybridized carbons (Fsp3) is 0.375. The van der Waals surface area contributed by atoms with Crippen LogP contribution in [0.1, 0.15) is 46.9 Å². The minimum absolute atomic E-state index is 0.0185. The average Bonchev–Trinajstić information content (AvgIpc) is 3.32. The van der Waals surface area contributed by atoms with Crippen molar-refractivity contribution in [1.29, 1.82) is 0 Å². The molecule has 2 aliphatic heterocycles. The molecule has 2 fully saturated rings. The topological polar surface area (TPSA) is 101 Å². The number of allylic oxidation sites excluding steroid dienone is 3. The molecule has 0 bridgehead atoms. The lowest BCUT2D eigenvalue weighted by Crippen LogP contribution is -2.40. The highest BCUT2D eigenvalue weighted by molar-refractivity contribution is 6.21. The number of anilines is 1. The molecule has 2 aliphatic rings. The number of aromatic amines is 1. The molecule has 0 saturated carbocycles.